The van der Waals surface area contributed by atoms with Crippen molar-refractivity contribution in [3.8, 4) is 44.5 Å². The summed E-state index contributed by atoms with van der Waals surface area (Å²) in [5.41, 5.74) is 17.0. The summed E-state index contributed by atoms with van der Waals surface area (Å²) in [5.74, 6) is 0. The van der Waals surface area contributed by atoms with Gasteiger partial charge in [-0.1, -0.05) is 121 Å². The highest BCUT2D eigenvalue weighted by molar-refractivity contribution is 5.96. The van der Waals surface area contributed by atoms with Gasteiger partial charge in [0.1, 0.15) is 0 Å². The molecule has 0 saturated carbocycles. The van der Waals surface area contributed by atoms with Crippen LogP contribution in [0.4, 0.5) is 0 Å². The highest BCUT2D eigenvalue weighted by atomic mass is 14.8. The SMILES string of the molecule is C1=Cc2nc1c(-c1ccccc1)c1[nH]c(c(-c3ccccc3)c3nc(c(-c4ccccc4)c4ccc([nH]4)c2-c2ccccc2)C=C3)CC1. The van der Waals surface area contributed by atoms with Crippen molar-refractivity contribution in [3.05, 3.63) is 168 Å². The van der Waals surface area contributed by atoms with Crippen molar-refractivity contribution in [2.75, 3.05) is 0 Å². The van der Waals surface area contributed by atoms with Gasteiger partial charge in [0.05, 0.1) is 22.8 Å². The zero-order valence-corrected chi connectivity index (χ0v) is 26.3. The standard InChI is InChI=1S/C44H32N4/c1-5-13-29(14-6-1)41-33-21-23-35(45-33)42(30-15-7-2-8-16-30)37-25-27-39(47-37)44(32-19-11-4-12-20-32)40-28-26-38(48-40)43(31-17-9-3-10-18-31)36-24-22-34(41)46-36/h1-25,27,45,48H,26,28H2. The first-order chi connectivity index (χ1) is 23.8. The molecule has 0 atom stereocenters. The number of aryl methyl sites for hydroxylation is 2. The first kappa shape index (κ1) is 28.0. The van der Waals surface area contributed by atoms with Crippen molar-refractivity contribution >= 4 is 35.3 Å². The first-order valence-corrected chi connectivity index (χ1v) is 16.5. The van der Waals surface area contributed by atoms with Crippen molar-refractivity contribution in [1.82, 2.24) is 19.9 Å². The summed E-state index contributed by atoms with van der Waals surface area (Å²) in [6.45, 7) is 0. The van der Waals surface area contributed by atoms with Gasteiger partial charge in [-0.05, 0) is 71.5 Å². The van der Waals surface area contributed by atoms with Crippen molar-refractivity contribution in [3.63, 3.8) is 0 Å². The van der Waals surface area contributed by atoms with Crippen molar-refractivity contribution < 1.29 is 0 Å². The fraction of sp³-hybridized carbons (Fsp3) is 0.0455. The second-order valence-electron chi connectivity index (χ2n) is 12.3. The number of benzene rings is 4. The van der Waals surface area contributed by atoms with E-state index in [2.05, 4.69) is 168 Å². The predicted octanol–water partition coefficient (Wildman–Crippen LogP) is 10.8. The molecule has 48 heavy (non-hydrogen) atoms. The molecule has 2 aromatic heterocycles. The van der Waals surface area contributed by atoms with E-state index in [0.717, 1.165) is 91.2 Å². The molecule has 0 saturated heterocycles. The third-order valence-electron chi connectivity index (χ3n) is 9.31. The van der Waals surface area contributed by atoms with Crippen LogP contribution in [0.2, 0.25) is 0 Å². The lowest BCUT2D eigenvalue weighted by Crippen LogP contribution is -1.92. The maximum Gasteiger partial charge on any atom is 0.0737 e. The van der Waals surface area contributed by atoms with Crippen molar-refractivity contribution in [2.24, 2.45) is 0 Å². The predicted molar refractivity (Wildman–Crippen MR) is 199 cm³/mol. The Labute approximate surface area is 279 Å². The van der Waals surface area contributed by atoms with Gasteiger partial charge in [0.25, 0.3) is 0 Å². The van der Waals surface area contributed by atoms with E-state index < -0.39 is 0 Å². The third-order valence-corrected chi connectivity index (χ3v) is 9.31. The molecule has 3 aliphatic heterocycles. The Kier molecular flexibility index (Phi) is 6.90. The maximum absolute atomic E-state index is 5.38. The Morgan fingerprint density at radius 3 is 1.00 bits per heavy atom. The molecule has 4 aromatic carbocycles. The highest BCUT2D eigenvalue weighted by Gasteiger charge is 2.22. The fourth-order valence-electron chi connectivity index (χ4n) is 7.16. The molecule has 4 heteroatoms. The van der Waals surface area contributed by atoms with Crippen LogP contribution in [0.1, 0.15) is 34.2 Å². The van der Waals surface area contributed by atoms with Crippen LogP contribution in [0.25, 0.3) is 79.8 Å². The van der Waals surface area contributed by atoms with Crippen LogP contribution in [-0.2, 0) is 12.8 Å². The van der Waals surface area contributed by atoms with Gasteiger partial charge in [0, 0.05) is 44.7 Å². The van der Waals surface area contributed by atoms with Gasteiger partial charge < -0.3 is 9.97 Å². The second-order valence-corrected chi connectivity index (χ2v) is 12.3. The minimum absolute atomic E-state index is 0.877. The summed E-state index contributed by atoms with van der Waals surface area (Å²) in [6.07, 6.45) is 10.4. The van der Waals surface area contributed by atoms with E-state index in [9.17, 15) is 0 Å². The lowest BCUT2D eigenvalue weighted by molar-refractivity contribution is 1.02. The summed E-state index contributed by atoms with van der Waals surface area (Å²) in [7, 11) is 0. The van der Waals surface area contributed by atoms with Crippen LogP contribution in [0, 0.1) is 0 Å². The first-order valence-electron chi connectivity index (χ1n) is 16.5. The Hall–Kier alpha value is -6.26. The molecular weight excluding hydrogens is 585 g/mol. The van der Waals surface area contributed by atoms with E-state index in [-0.39, 0.29) is 0 Å². The van der Waals surface area contributed by atoms with E-state index >= 15 is 0 Å². The number of rotatable bonds is 4. The molecule has 8 bridgehead atoms. The topological polar surface area (TPSA) is 57.4 Å². The lowest BCUT2D eigenvalue weighted by atomic mass is 9.99. The Balaban J connectivity index is 1.47. The van der Waals surface area contributed by atoms with Crippen LogP contribution >= 0.6 is 0 Å². The smallest absolute Gasteiger partial charge is 0.0737 e. The number of nitrogens with zero attached hydrogens (tertiary/aromatic N) is 2. The molecular formula is C44H32N4. The number of nitrogens with one attached hydrogen (secondary N) is 2. The normalized spacial score (nSPS) is 12.7. The molecule has 9 rings (SSSR count). The van der Waals surface area contributed by atoms with Gasteiger partial charge in [-0.15, -0.1) is 0 Å². The maximum atomic E-state index is 5.38. The number of fused-ring (bicyclic) bond motifs is 8. The van der Waals surface area contributed by atoms with E-state index in [1.807, 2.05) is 0 Å². The van der Waals surface area contributed by atoms with Crippen molar-refractivity contribution in [1.29, 1.82) is 0 Å². The Bertz CT molecular complexity index is 2250. The van der Waals surface area contributed by atoms with E-state index in [0.29, 0.717) is 0 Å². The van der Waals surface area contributed by atoms with Crippen LogP contribution in [0.3, 0.4) is 0 Å². The molecule has 228 valence electrons. The van der Waals surface area contributed by atoms with Crippen LogP contribution < -0.4 is 0 Å². The lowest BCUT2D eigenvalue weighted by Gasteiger charge is -2.08. The summed E-state index contributed by atoms with van der Waals surface area (Å²) in [5, 5.41) is 0. The number of hydrogen-bond acceptors (Lipinski definition) is 2. The summed E-state index contributed by atoms with van der Waals surface area (Å²) < 4.78 is 0. The van der Waals surface area contributed by atoms with Gasteiger partial charge in [0.2, 0.25) is 0 Å². The van der Waals surface area contributed by atoms with E-state index in [1.165, 1.54) is 11.4 Å². The molecule has 0 fully saturated rings. The van der Waals surface area contributed by atoms with Gasteiger partial charge >= 0.3 is 0 Å². The summed E-state index contributed by atoms with van der Waals surface area (Å²) in [6, 6.07) is 46.7. The van der Waals surface area contributed by atoms with Gasteiger partial charge in [-0.25, -0.2) is 9.97 Å². The van der Waals surface area contributed by atoms with Gasteiger partial charge in [-0.3, -0.25) is 0 Å². The van der Waals surface area contributed by atoms with Crippen LogP contribution in [-0.4, -0.2) is 19.9 Å². The number of aromatic nitrogens is 4. The molecule has 3 aliphatic rings. The van der Waals surface area contributed by atoms with Gasteiger partial charge in [-0.2, -0.15) is 0 Å². The molecule has 4 nitrogen and oxygen atoms in total. The molecule has 0 amide bonds. The van der Waals surface area contributed by atoms with Gasteiger partial charge in [0.15, 0.2) is 0 Å². The summed E-state index contributed by atoms with van der Waals surface area (Å²) >= 11 is 0. The Morgan fingerprint density at radius 2 is 0.646 bits per heavy atom. The molecule has 0 radical (unpaired) electrons. The highest BCUT2D eigenvalue weighted by Crippen LogP contribution is 2.38. The quantitative estimate of drug-likeness (QED) is 0.207. The fourth-order valence-corrected chi connectivity index (χ4v) is 7.16. The monoisotopic (exact) mass is 616 g/mol. The zero-order chi connectivity index (χ0) is 31.9. The molecule has 2 N–H and O–H groups in total. The minimum atomic E-state index is 0.877. The molecule has 0 aliphatic carbocycles. The van der Waals surface area contributed by atoms with Crippen LogP contribution in [0.15, 0.2) is 133 Å². The minimum Gasteiger partial charge on any atom is -0.361 e. The zero-order valence-electron chi connectivity index (χ0n) is 26.3. The van der Waals surface area contributed by atoms with E-state index in [1.54, 1.807) is 0 Å². The average Bonchev–Trinajstić information content (AvgIpc) is 3.98. The molecule has 0 spiro atoms. The van der Waals surface area contributed by atoms with E-state index in [4.69, 9.17) is 9.97 Å². The Morgan fingerprint density at radius 1 is 0.333 bits per heavy atom. The van der Waals surface area contributed by atoms with Crippen molar-refractivity contribution in [2.45, 2.75) is 12.8 Å². The molecule has 0 unspecified atom stereocenters. The third kappa shape index (κ3) is 4.95. The van der Waals surface area contributed by atoms with Crippen LogP contribution in [0.5, 0.6) is 0 Å². The summed E-state index contributed by atoms with van der Waals surface area (Å²) in [4.78, 5) is 18.5. The number of aromatic amines is 2. The molecule has 6 aromatic rings. The number of hydrogen-bond donors (Lipinski definition) is 2. The largest absolute Gasteiger partial charge is 0.361 e. The average molecular weight is 617 g/mol. The number of H-pyrrole nitrogens is 2. The second kappa shape index (κ2) is 11.8. The molecule has 5 heterocycles.